The van der Waals surface area contributed by atoms with E-state index in [2.05, 4.69) is 21.5 Å². The number of amides is 1. The first-order chi connectivity index (χ1) is 11.5. The second kappa shape index (κ2) is 7.73. The van der Waals surface area contributed by atoms with Crippen LogP contribution in [0.25, 0.3) is 0 Å². The average molecular weight is 327 g/mol. The van der Waals surface area contributed by atoms with Crippen LogP contribution in [0.5, 0.6) is 0 Å². The molecule has 0 aromatic heterocycles. The van der Waals surface area contributed by atoms with Crippen LogP contribution < -0.4 is 5.32 Å². The minimum Gasteiger partial charge on any atom is -0.467 e. The maximum absolute atomic E-state index is 12.1. The van der Waals surface area contributed by atoms with Gasteiger partial charge in [0.25, 0.3) is 0 Å². The first-order valence-corrected chi connectivity index (χ1v) is 7.82. The third-order valence-electron chi connectivity index (χ3n) is 3.88. The summed E-state index contributed by atoms with van der Waals surface area (Å²) in [6, 6.07) is 6.57. The van der Waals surface area contributed by atoms with Crippen LogP contribution in [0.15, 0.2) is 34.5 Å². The smallest absolute Gasteiger partial charge is 0.328 e. The van der Waals surface area contributed by atoms with E-state index in [9.17, 15) is 9.59 Å². The molecule has 1 aromatic rings. The Balaban J connectivity index is 1.88. The second-order valence-corrected chi connectivity index (χ2v) is 5.96. The number of terminal acetylenes is 1. The van der Waals surface area contributed by atoms with Gasteiger partial charge in [-0.25, -0.2) is 4.79 Å². The van der Waals surface area contributed by atoms with E-state index in [-0.39, 0.29) is 11.6 Å². The van der Waals surface area contributed by atoms with E-state index >= 15 is 0 Å². The lowest BCUT2D eigenvalue weighted by molar-refractivity contribution is -0.145. The third kappa shape index (κ3) is 5.20. The van der Waals surface area contributed by atoms with Crippen LogP contribution in [0.4, 0.5) is 0 Å². The number of methoxy groups -OCH3 is 1. The Morgan fingerprint density at radius 3 is 2.54 bits per heavy atom. The summed E-state index contributed by atoms with van der Waals surface area (Å²) in [5.41, 5.74) is 1.36. The molecule has 24 heavy (non-hydrogen) atoms. The zero-order chi connectivity index (χ0) is 17.6. The van der Waals surface area contributed by atoms with E-state index in [0.29, 0.717) is 19.3 Å². The molecule has 6 heteroatoms. The quantitative estimate of drug-likeness (QED) is 0.587. The molecule has 2 rings (SSSR count). The summed E-state index contributed by atoms with van der Waals surface area (Å²) in [5, 5.41) is 10.6. The van der Waals surface area contributed by atoms with Crippen LogP contribution in [0, 0.1) is 12.3 Å². The highest BCUT2D eigenvalue weighted by atomic mass is 16.5. The molecule has 1 aromatic carbocycles. The lowest BCUT2D eigenvalue weighted by atomic mass is 10.0. The third-order valence-corrected chi connectivity index (χ3v) is 3.88. The molecule has 0 radical (unpaired) electrons. The van der Waals surface area contributed by atoms with Crippen LogP contribution >= 0.6 is 0 Å². The van der Waals surface area contributed by atoms with Crippen molar-refractivity contribution < 1.29 is 14.3 Å². The maximum atomic E-state index is 12.1. The summed E-state index contributed by atoms with van der Waals surface area (Å²) >= 11 is 0. The lowest BCUT2D eigenvalue weighted by Crippen LogP contribution is -2.43. The zero-order valence-electron chi connectivity index (χ0n) is 13.9. The van der Waals surface area contributed by atoms with E-state index in [0.717, 1.165) is 17.5 Å². The summed E-state index contributed by atoms with van der Waals surface area (Å²) in [6.45, 7) is 1.92. The topological polar surface area (TPSA) is 80.1 Å². The monoisotopic (exact) mass is 327 g/mol. The van der Waals surface area contributed by atoms with E-state index in [1.807, 2.05) is 19.1 Å². The van der Waals surface area contributed by atoms with Gasteiger partial charge in [-0.05, 0) is 37.5 Å². The number of hydrogen-bond donors (Lipinski definition) is 1. The molecule has 0 aliphatic carbocycles. The van der Waals surface area contributed by atoms with Gasteiger partial charge in [0, 0.05) is 18.4 Å². The van der Waals surface area contributed by atoms with Gasteiger partial charge in [0.1, 0.15) is 6.04 Å². The van der Waals surface area contributed by atoms with Crippen LogP contribution in [0.3, 0.4) is 0 Å². The molecule has 0 bridgehead atoms. The van der Waals surface area contributed by atoms with Crippen LogP contribution in [-0.2, 0) is 20.7 Å². The molecular weight excluding hydrogens is 306 g/mol. The fourth-order valence-corrected chi connectivity index (χ4v) is 2.34. The SMILES string of the molecule is C#Cc1ccc(C[C@H](NC(=O)CCCC2(C)N=N2)C(=O)OC)cc1. The van der Waals surface area contributed by atoms with E-state index in [4.69, 9.17) is 11.2 Å². The fourth-order valence-electron chi connectivity index (χ4n) is 2.34. The highest BCUT2D eigenvalue weighted by molar-refractivity contribution is 5.84. The van der Waals surface area contributed by atoms with E-state index in [1.54, 1.807) is 12.1 Å². The highest BCUT2D eigenvalue weighted by Crippen LogP contribution is 2.32. The van der Waals surface area contributed by atoms with Gasteiger partial charge in [-0.15, -0.1) is 6.42 Å². The van der Waals surface area contributed by atoms with Crippen LogP contribution in [0.2, 0.25) is 0 Å². The zero-order valence-corrected chi connectivity index (χ0v) is 13.9. The predicted molar refractivity (Wildman–Crippen MR) is 89.1 cm³/mol. The number of nitrogens with zero attached hydrogens (tertiary/aromatic N) is 2. The Morgan fingerprint density at radius 2 is 2.00 bits per heavy atom. The van der Waals surface area contributed by atoms with Crippen molar-refractivity contribution in [3.63, 3.8) is 0 Å². The number of hydrogen-bond acceptors (Lipinski definition) is 5. The highest BCUT2D eigenvalue weighted by Gasteiger charge is 2.33. The number of ether oxygens (including phenoxy) is 1. The standard InChI is InChI=1S/C18H21N3O3/c1-4-13-7-9-14(10-8-13)12-15(17(23)24-3)19-16(22)6-5-11-18(2)20-21-18/h1,7-10,15H,5-6,11-12H2,2-3H3,(H,19,22)/t15-/m0/s1. The number of esters is 1. The molecule has 0 saturated heterocycles. The molecule has 1 aliphatic heterocycles. The fraction of sp³-hybridized carbons (Fsp3) is 0.444. The number of carbonyl (C=O) groups is 2. The summed E-state index contributed by atoms with van der Waals surface area (Å²) in [5.74, 6) is 1.88. The Bertz CT molecular complexity index is 668. The number of nitrogens with one attached hydrogen (secondary N) is 1. The molecule has 1 heterocycles. The van der Waals surface area contributed by atoms with Gasteiger partial charge in [0.15, 0.2) is 5.66 Å². The molecule has 0 fully saturated rings. The van der Waals surface area contributed by atoms with Crippen molar-refractivity contribution in [1.82, 2.24) is 5.32 Å². The normalized spacial score (nSPS) is 15.2. The average Bonchev–Trinajstić information content (AvgIpc) is 3.31. The van der Waals surface area contributed by atoms with Crippen molar-refractivity contribution >= 4 is 11.9 Å². The van der Waals surface area contributed by atoms with Crippen molar-refractivity contribution in [2.24, 2.45) is 10.2 Å². The Hall–Kier alpha value is -2.68. The van der Waals surface area contributed by atoms with Gasteiger partial charge in [0.05, 0.1) is 7.11 Å². The Labute approximate surface area is 141 Å². The van der Waals surface area contributed by atoms with Crippen molar-refractivity contribution in [3.8, 4) is 12.3 Å². The molecule has 1 aliphatic rings. The predicted octanol–water partition coefficient (Wildman–Crippen LogP) is 2.22. The van der Waals surface area contributed by atoms with Gasteiger partial charge in [-0.2, -0.15) is 10.2 Å². The minimum absolute atomic E-state index is 0.185. The summed E-state index contributed by atoms with van der Waals surface area (Å²) < 4.78 is 4.78. The first kappa shape index (κ1) is 17.7. The molecule has 6 nitrogen and oxygen atoms in total. The minimum atomic E-state index is -0.718. The van der Waals surface area contributed by atoms with Crippen molar-refractivity contribution in [1.29, 1.82) is 0 Å². The van der Waals surface area contributed by atoms with Crippen molar-refractivity contribution in [2.45, 2.75) is 44.3 Å². The molecule has 0 unspecified atom stereocenters. The van der Waals surface area contributed by atoms with Crippen molar-refractivity contribution in [2.75, 3.05) is 7.11 Å². The molecular formula is C18H21N3O3. The van der Waals surface area contributed by atoms with E-state index in [1.165, 1.54) is 7.11 Å². The maximum Gasteiger partial charge on any atom is 0.328 e. The molecule has 1 atom stereocenters. The summed E-state index contributed by atoms with van der Waals surface area (Å²) in [4.78, 5) is 24.0. The van der Waals surface area contributed by atoms with Gasteiger partial charge >= 0.3 is 5.97 Å². The molecule has 1 amide bonds. The van der Waals surface area contributed by atoms with Crippen LogP contribution in [0.1, 0.15) is 37.3 Å². The van der Waals surface area contributed by atoms with E-state index < -0.39 is 12.0 Å². The lowest BCUT2D eigenvalue weighted by Gasteiger charge is -2.17. The second-order valence-electron chi connectivity index (χ2n) is 5.96. The number of carbonyl (C=O) groups excluding carboxylic acids is 2. The Morgan fingerprint density at radius 1 is 1.33 bits per heavy atom. The number of rotatable bonds is 8. The van der Waals surface area contributed by atoms with Gasteiger partial charge in [0.2, 0.25) is 5.91 Å². The van der Waals surface area contributed by atoms with Crippen LogP contribution in [-0.4, -0.2) is 30.7 Å². The first-order valence-electron chi connectivity index (χ1n) is 7.82. The summed E-state index contributed by atoms with van der Waals surface area (Å²) in [7, 11) is 1.31. The van der Waals surface area contributed by atoms with Gasteiger partial charge in [-0.3, -0.25) is 4.79 Å². The van der Waals surface area contributed by atoms with Gasteiger partial charge in [-0.1, -0.05) is 18.1 Å². The molecule has 126 valence electrons. The largest absolute Gasteiger partial charge is 0.467 e. The number of benzene rings is 1. The molecule has 1 N–H and O–H groups in total. The molecule has 0 saturated carbocycles. The Kier molecular flexibility index (Phi) is 5.69. The molecule has 0 spiro atoms. The summed E-state index contributed by atoms with van der Waals surface area (Å²) in [6.07, 6.45) is 7.40. The van der Waals surface area contributed by atoms with Gasteiger partial charge < -0.3 is 10.1 Å². The van der Waals surface area contributed by atoms with Crippen molar-refractivity contribution in [3.05, 3.63) is 35.4 Å².